The molecule has 0 saturated carbocycles. The largest absolute Gasteiger partial charge is 0.459 e. The van der Waals surface area contributed by atoms with Crippen molar-refractivity contribution in [2.24, 2.45) is 4.99 Å². The number of guanidine groups is 1. The highest BCUT2D eigenvalue weighted by Crippen LogP contribution is 2.24. The lowest BCUT2D eigenvalue weighted by molar-refractivity contribution is 0.534. The fraction of sp³-hybridized carbons (Fsp3) is 0.438. The summed E-state index contributed by atoms with van der Waals surface area (Å²) in [6, 6.07) is 7.94. The number of hydrogen-bond acceptors (Lipinski definition) is 4. The number of fused-ring (bicyclic) bond motifs is 1. The van der Waals surface area contributed by atoms with Gasteiger partial charge in [-0.25, -0.2) is 13.1 Å². The summed E-state index contributed by atoms with van der Waals surface area (Å²) in [5, 5.41) is 7.46. The van der Waals surface area contributed by atoms with Crippen LogP contribution in [0.1, 0.15) is 17.7 Å². The minimum atomic E-state index is -3.13. The van der Waals surface area contributed by atoms with Gasteiger partial charge in [0.1, 0.15) is 11.3 Å². The Hall–Kier alpha value is -1.33. The molecule has 25 heavy (non-hydrogen) atoms. The van der Waals surface area contributed by atoms with E-state index in [-0.39, 0.29) is 24.0 Å². The van der Waals surface area contributed by atoms with Gasteiger partial charge < -0.3 is 15.1 Å². The molecule has 0 aliphatic carbocycles. The summed E-state index contributed by atoms with van der Waals surface area (Å²) in [6.07, 6.45) is 1.81. The van der Waals surface area contributed by atoms with Crippen molar-refractivity contribution in [2.75, 3.05) is 26.4 Å². The lowest BCUT2D eigenvalue weighted by Crippen LogP contribution is -2.38. The summed E-state index contributed by atoms with van der Waals surface area (Å²) in [4.78, 5) is 4.15. The normalized spacial score (nSPS) is 12.0. The van der Waals surface area contributed by atoms with Crippen molar-refractivity contribution in [2.45, 2.75) is 19.9 Å². The lowest BCUT2D eigenvalue weighted by atomic mass is 10.1. The van der Waals surface area contributed by atoms with Gasteiger partial charge in [0, 0.05) is 31.1 Å². The molecular formula is C16H25IN4O3S. The Morgan fingerprint density at radius 2 is 1.92 bits per heavy atom. The number of sulfonamides is 1. The third-order valence-corrected chi connectivity index (χ3v) is 4.32. The predicted molar refractivity (Wildman–Crippen MR) is 112 cm³/mol. The maximum Gasteiger partial charge on any atom is 0.208 e. The number of furan rings is 1. The number of nitrogens with zero attached hydrogens (tertiary/aromatic N) is 1. The van der Waals surface area contributed by atoms with E-state index in [4.69, 9.17) is 4.42 Å². The fourth-order valence-electron chi connectivity index (χ4n) is 2.33. The summed E-state index contributed by atoms with van der Waals surface area (Å²) in [5.74, 6) is 1.52. The van der Waals surface area contributed by atoms with E-state index in [2.05, 4.69) is 20.3 Å². The van der Waals surface area contributed by atoms with Gasteiger partial charge in [0.15, 0.2) is 5.96 Å². The topological polar surface area (TPSA) is 95.7 Å². The van der Waals surface area contributed by atoms with Crippen LogP contribution in [0.2, 0.25) is 0 Å². The summed E-state index contributed by atoms with van der Waals surface area (Å²) in [5.41, 5.74) is 1.99. The SMILES string of the molecule is CN=C(NCCCNS(C)(=O)=O)NCc1oc2ccccc2c1C.I. The molecule has 0 bridgehead atoms. The molecule has 1 aromatic heterocycles. The van der Waals surface area contributed by atoms with Crippen molar-refractivity contribution in [1.82, 2.24) is 15.4 Å². The molecule has 0 spiro atoms. The number of aryl methyl sites for hydroxylation is 1. The molecule has 2 rings (SSSR count). The number of nitrogens with one attached hydrogen (secondary N) is 3. The van der Waals surface area contributed by atoms with E-state index < -0.39 is 10.0 Å². The van der Waals surface area contributed by atoms with Gasteiger partial charge in [0.2, 0.25) is 10.0 Å². The van der Waals surface area contributed by atoms with E-state index in [1.807, 2.05) is 31.2 Å². The molecule has 0 aliphatic rings. The second kappa shape index (κ2) is 9.97. The maximum atomic E-state index is 11.0. The number of benzene rings is 1. The van der Waals surface area contributed by atoms with Crippen LogP contribution >= 0.6 is 24.0 Å². The number of hydrogen-bond donors (Lipinski definition) is 3. The average molecular weight is 480 g/mol. The molecule has 0 amide bonds. The third-order valence-electron chi connectivity index (χ3n) is 3.59. The van der Waals surface area contributed by atoms with Crippen LogP contribution in [0.3, 0.4) is 0 Å². The van der Waals surface area contributed by atoms with Crippen LogP contribution in [0.15, 0.2) is 33.7 Å². The molecular weight excluding hydrogens is 455 g/mol. The minimum absolute atomic E-state index is 0. The summed E-state index contributed by atoms with van der Waals surface area (Å²) < 4.78 is 30.2. The van der Waals surface area contributed by atoms with E-state index >= 15 is 0 Å². The zero-order valence-corrected chi connectivity index (χ0v) is 17.8. The van der Waals surface area contributed by atoms with Gasteiger partial charge in [-0.3, -0.25) is 4.99 Å². The van der Waals surface area contributed by atoms with Crippen molar-refractivity contribution < 1.29 is 12.8 Å². The van der Waals surface area contributed by atoms with Crippen molar-refractivity contribution in [3.63, 3.8) is 0 Å². The van der Waals surface area contributed by atoms with Gasteiger partial charge >= 0.3 is 0 Å². The number of halogens is 1. The molecule has 1 heterocycles. The highest BCUT2D eigenvalue weighted by Gasteiger charge is 2.10. The average Bonchev–Trinajstić information content (AvgIpc) is 2.86. The van der Waals surface area contributed by atoms with Crippen molar-refractivity contribution in [3.05, 3.63) is 35.6 Å². The first kappa shape index (κ1) is 21.7. The molecule has 2 aromatic rings. The Kier molecular flexibility index (Phi) is 8.66. The van der Waals surface area contributed by atoms with Crippen LogP contribution in [-0.4, -0.2) is 40.8 Å². The van der Waals surface area contributed by atoms with Crippen LogP contribution in [0, 0.1) is 6.92 Å². The smallest absolute Gasteiger partial charge is 0.208 e. The van der Waals surface area contributed by atoms with E-state index in [1.165, 1.54) is 0 Å². The Balaban J connectivity index is 0.00000312. The van der Waals surface area contributed by atoms with E-state index in [0.29, 0.717) is 32.0 Å². The summed E-state index contributed by atoms with van der Waals surface area (Å²) >= 11 is 0. The molecule has 1 aromatic carbocycles. The Morgan fingerprint density at radius 3 is 2.56 bits per heavy atom. The molecule has 0 radical (unpaired) electrons. The van der Waals surface area contributed by atoms with Crippen molar-refractivity contribution >= 4 is 50.9 Å². The highest BCUT2D eigenvalue weighted by atomic mass is 127. The van der Waals surface area contributed by atoms with Gasteiger partial charge in [-0.1, -0.05) is 18.2 Å². The van der Waals surface area contributed by atoms with E-state index in [9.17, 15) is 8.42 Å². The lowest BCUT2D eigenvalue weighted by Gasteiger charge is -2.11. The van der Waals surface area contributed by atoms with E-state index in [1.54, 1.807) is 7.05 Å². The summed E-state index contributed by atoms with van der Waals surface area (Å²) in [6.45, 7) is 3.57. The van der Waals surface area contributed by atoms with Gasteiger partial charge in [-0.15, -0.1) is 24.0 Å². The zero-order chi connectivity index (χ0) is 17.6. The predicted octanol–water partition coefficient (Wildman–Crippen LogP) is 1.96. The number of aliphatic imine (C=N–C) groups is 1. The Bertz CT molecular complexity index is 818. The zero-order valence-electron chi connectivity index (χ0n) is 14.6. The van der Waals surface area contributed by atoms with Crippen molar-refractivity contribution in [1.29, 1.82) is 0 Å². The van der Waals surface area contributed by atoms with Gasteiger partial charge in [0.05, 0.1) is 12.8 Å². The molecule has 7 nitrogen and oxygen atoms in total. The van der Waals surface area contributed by atoms with Crippen LogP contribution in [0.5, 0.6) is 0 Å². The second-order valence-electron chi connectivity index (χ2n) is 5.52. The first-order valence-corrected chi connectivity index (χ1v) is 9.66. The molecule has 3 N–H and O–H groups in total. The minimum Gasteiger partial charge on any atom is -0.459 e. The molecule has 0 unspecified atom stereocenters. The number of para-hydroxylation sites is 1. The quantitative estimate of drug-likeness (QED) is 0.244. The van der Waals surface area contributed by atoms with Gasteiger partial charge in [-0.05, 0) is 19.4 Å². The standard InChI is InChI=1S/C16H24N4O3S.HI/c1-12-13-7-4-5-8-14(13)23-15(12)11-19-16(17-2)18-9-6-10-20-24(3,21)22;/h4-5,7-8,20H,6,9-11H2,1-3H3,(H2,17,18,19);1H. The molecule has 0 fully saturated rings. The molecule has 0 atom stereocenters. The molecule has 0 aliphatic heterocycles. The van der Waals surface area contributed by atoms with E-state index in [0.717, 1.165) is 28.5 Å². The van der Waals surface area contributed by atoms with Crippen molar-refractivity contribution in [3.8, 4) is 0 Å². The van der Waals surface area contributed by atoms with Gasteiger partial charge in [0.25, 0.3) is 0 Å². The first-order chi connectivity index (χ1) is 11.4. The maximum absolute atomic E-state index is 11.0. The molecule has 140 valence electrons. The number of rotatable bonds is 7. The Morgan fingerprint density at radius 1 is 1.20 bits per heavy atom. The van der Waals surface area contributed by atoms with Crippen LogP contribution in [0.25, 0.3) is 11.0 Å². The summed E-state index contributed by atoms with van der Waals surface area (Å²) in [7, 11) is -1.44. The monoisotopic (exact) mass is 480 g/mol. The van der Waals surface area contributed by atoms with Crippen LogP contribution < -0.4 is 15.4 Å². The van der Waals surface area contributed by atoms with Gasteiger partial charge in [-0.2, -0.15) is 0 Å². The highest BCUT2D eigenvalue weighted by molar-refractivity contribution is 14.0. The van der Waals surface area contributed by atoms with Crippen LogP contribution in [0.4, 0.5) is 0 Å². The fourth-order valence-corrected chi connectivity index (χ4v) is 2.85. The Labute approximate surface area is 165 Å². The van der Waals surface area contributed by atoms with Crippen LogP contribution in [-0.2, 0) is 16.6 Å². The first-order valence-electron chi connectivity index (χ1n) is 7.77. The third kappa shape index (κ3) is 6.83. The second-order valence-corrected chi connectivity index (χ2v) is 7.35. The molecule has 9 heteroatoms. The molecule has 0 saturated heterocycles.